The molecule has 0 bridgehead atoms. The summed E-state index contributed by atoms with van der Waals surface area (Å²) in [7, 11) is 0. The van der Waals surface area contributed by atoms with Crippen molar-refractivity contribution in [3.63, 3.8) is 0 Å². The van der Waals surface area contributed by atoms with E-state index < -0.39 is 6.10 Å². The molecule has 0 fully saturated rings. The molecule has 0 rings (SSSR count). The van der Waals surface area contributed by atoms with Gasteiger partial charge in [-0.2, -0.15) is 0 Å². The zero-order chi connectivity index (χ0) is 50.0. The van der Waals surface area contributed by atoms with Crippen LogP contribution in [0.1, 0.15) is 265 Å². The average Bonchev–Trinajstić information content (AvgIpc) is 3.35. The van der Waals surface area contributed by atoms with Gasteiger partial charge >= 0.3 is 17.9 Å². The lowest BCUT2D eigenvalue weighted by atomic mass is 10.1. The summed E-state index contributed by atoms with van der Waals surface area (Å²) < 4.78 is 16.8. The van der Waals surface area contributed by atoms with Crippen LogP contribution < -0.4 is 0 Å². The summed E-state index contributed by atoms with van der Waals surface area (Å²) in [5.41, 5.74) is 0. The van der Waals surface area contributed by atoms with Gasteiger partial charge in [-0.25, -0.2) is 0 Å². The number of unbranched alkanes of at least 4 members (excludes halogenated alkanes) is 24. The fraction of sp³-hybridized carbons (Fsp3) is 0.698. The van der Waals surface area contributed by atoms with Crippen molar-refractivity contribution in [3.05, 3.63) is 97.2 Å². The molecule has 0 aromatic rings. The third kappa shape index (κ3) is 55.1. The summed E-state index contributed by atoms with van der Waals surface area (Å²) in [6.07, 6.45) is 75.4. The molecule has 394 valence electrons. The Morgan fingerprint density at radius 1 is 0.290 bits per heavy atom. The molecular weight excluding hydrogens is 853 g/mol. The van der Waals surface area contributed by atoms with Crippen LogP contribution in [0.25, 0.3) is 0 Å². The van der Waals surface area contributed by atoms with E-state index in [-0.39, 0.29) is 37.5 Å². The van der Waals surface area contributed by atoms with Crippen molar-refractivity contribution < 1.29 is 28.6 Å². The van der Waals surface area contributed by atoms with Gasteiger partial charge in [-0.1, -0.05) is 221 Å². The van der Waals surface area contributed by atoms with Crippen LogP contribution in [0.2, 0.25) is 0 Å². The highest BCUT2D eigenvalue weighted by Gasteiger charge is 2.19. The number of ether oxygens (including phenoxy) is 3. The van der Waals surface area contributed by atoms with Gasteiger partial charge in [-0.3, -0.25) is 14.4 Å². The van der Waals surface area contributed by atoms with Crippen LogP contribution in [0.4, 0.5) is 0 Å². The molecule has 0 saturated carbocycles. The van der Waals surface area contributed by atoms with Crippen LogP contribution >= 0.6 is 0 Å². The summed E-state index contributed by atoms with van der Waals surface area (Å²) in [5.74, 6) is -0.995. The Morgan fingerprint density at radius 3 is 0.942 bits per heavy atom. The van der Waals surface area contributed by atoms with E-state index in [1.807, 2.05) is 0 Å². The van der Waals surface area contributed by atoms with Gasteiger partial charge in [0.25, 0.3) is 0 Å². The monoisotopic (exact) mass is 959 g/mol. The lowest BCUT2D eigenvalue weighted by molar-refractivity contribution is -0.167. The number of hydrogen-bond donors (Lipinski definition) is 0. The van der Waals surface area contributed by atoms with Crippen molar-refractivity contribution >= 4 is 17.9 Å². The molecule has 1 atom stereocenters. The minimum Gasteiger partial charge on any atom is -0.462 e. The number of allylic oxidation sites excluding steroid dienone is 16. The maximum absolute atomic E-state index is 12.8. The molecule has 0 N–H and O–H groups in total. The molecule has 6 heteroatoms. The number of carbonyl (C=O) groups is 3. The molecule has 0 aliphatic heterocycles. The molecule has 0 aromatic heterocycles. The SMILES string of the molecule is CCCCC/C=C\C/C=C\C/C=C\C/C=C\CCCCCC(=O)OC[C@H](COC(=O)CCC/C=C\C/C=C\C/C=C\CCCCCCCC)OC(=O)CCCCCCCCC/C=C\CCCCCC. The Labute approximate surface area is 426 Å². The van der Waals surface area contributed by atoms with Crippen molar-refractivity contribution in [2.24, 2.45) is 0 Å². The highest BCUT2D eigenvalue weighted by Crippen LogP contribution is 2.14. The second-order valence-electron chi connectivity index (χ2n) is 18.8. The Bertz CT molecular complexity index is 1380. The van der Waals surface area contributed by atoms with Gasteiger partial charge in [0.1, 0.15) is 13.2 Å². The molecule has 0 aliphatic carbocycles. The minimum atomic E-state index is -0.815. The first-order valence-electron chi connectivity index (χ1n) is 28.7. The van der Waals surface area contributed by atoms with E-state index in [1.165, 1.54) is 135 Å². The number of hydrogen-bond acceptors (Lipinski definition) is 6. The first kappa shape index (κ1) is 65.3. The summed E-state index contributed by atoms with van der Waals surface area (Å²) in [6.45, 7) is 6.52. The predicted molar refractivity (Wildman–Crippen MR) is 297 cm³/mol. The van der Waals surface area contributed by atoms with Crippen LogP contribution in [0, 0.1) is 0 Å². The molecule has 0 spiro atoms. The number of carbonyl (C=O) groups excluding carboxylic acids is 3. The van der Waals surface area contributed by atoms with Crippen LogP contribution in [0.15, 0.2) is 97.2 Å². The van der Waals surface area contributed by atoms with Gasteiger partial charge in [-0.05, 0) is 122 Å². The molecule has 0 aromatic carbocycles. The molecule has 0 heterocycles. The van der Waals surface area contributed by atoms with Crippen LogP contribution in [0.3, 0.4) is 0 Å². The Kier molecular flexibility index (Phi) is 53.9. The average molecular weight is 960 g/mol. The smallest absolute Gasteiger partial charge is 0.306 e. The molecule has 0 unspecified atom stereocenters. The number of esters is 3. The van der Waals surface area contributed by atoms with E-state index in [1.54, 1.807) is 0 Å². The lowest BCUT2D eigenvalue weighted by Gasteiger charge is -2.18. The van der Waals surface area contributed by atoms with Gasteiger partial charge in [0.15, 0.2) is 6.10 Å². The van der Waals surface area contributed by atoms with Gasteiger partial charge in [-0.15, -0.1) is 0 Å². The zero-order valence-electron chi connectivity index (χ0n) is 45.0. The van der Waals surface area contributed by atoms with E-state index in [9.17, 15) is 14.4 Å². The molecule has 0 radical (unpaired) electrons. The first-order valence-corrected chi connectivity index (χ1v) is 28.7. The van der Waals surface area contributed by atoms with Crippen LogP contribution in [-0.2, 0) is 28.6 Å². The second-order valence-corrected chi connectivity index (χ2v) is 18.8. The third-order valence-electron chi connectivity index (χ3n) is 12.0. The highest BCUT2D eigenvalue weighted by molar-refractivity contribution is 5.71. The molecule has 0 amide bonds. The largest absolute Gasteiger partial charge is 0.462 e. The van der Waals surface area contributed by atoms with Crippen molar-refractivity contribution in [2.75, 3.05) is 13.2 Å². The van der Waals surface area contributed by atoms with Crippen molar-refractivity contribution in [1.29, 1.82) is 0 Å². The standard InChI is InChI=1S/C63H106O6/c1-4-7-10-13-16-19-22-25-28-30-31-33-36-38-41-44-47-50-53-56-62(65)68-59-60(69-63(66)57-54-51-48-45-42-39-34-27-24-21-18-15-12-9-6-3)58-67-61(64)55-52-49-46-43-40-37-35-32-29-26-23-20-17-14-11-8-5-2/h16,19,21,24-26,28-29,31,33,35,37-38,41,43,46,60H,4-15,17-18,20,22-23,27,30,32,34,36,39-40,42,44-45,47-59H2,1-3H3/b19-16-,24-21-,28-25-,29-26-,33-31-,37-35-,41-38-,46-43-/t60-/m0/s1. The summed E-state index contributed by atoms with van der Waals surface area (Å²) >= 11 is 0. The van der Waals surface area contributed by atoms with E-state index in [0.29, 0.717) is 19.3 Å². The Morgan fingerprint density at radius 2 is 0.536 bits per heavy atom. The van der Waals surface area contributed by atoms with E-state index in [4.69, 9.17) is 14.2 Å². The molecule has 0 aliphatic rings. The highest BCUT2D eigenvalue weighted by atomic mass is 16.6. The van der Waals surface area contributed by atoms with E-state index >= 15 is 0 Å². The van der Waals surface area contributed by atoms with Gasteiger partial charge in [0.05, 0.1) is 0 Å². The maximum Gasteiger partial charge on any atom is 0.306 e. The van der Waals surface area contributed by atoms with Crippen LogP contribution in [-0.4, -0.2) is 37.2 Å². The molecular formula is C63H106O6. The van der Waals surface area contributed by atoms with Crippen molar-refractivity contribution in [3.8, 4) is 0 Å². The Balaban J connectivity index is 4.52. The summed E-state index contributed by atoms with van der Waals surface area (Å²) in [5, 5.41) is 0. The minimum absolute atomic E-state index is 0.112. The predicted octanol–water partition coefficient (Wildman–Crippen LogP) is 19.3. The first-order chi connectivity index (χ1) is 34.0. The Hall–Kier alpha value is -3.67. The summed E-state index contributed by atoms with van der Waals surface area (Å²) in [6, 6.07) is 0. The lowest BCUT2D eigenvalue weighted by Crippen LogP contribution is -2.30. The van der Waals surface area contributed by atoms with Crippen LogP contribution in [0.5, 0.6) is 0 Å². The van der Waals surface area contributed by atoms with Crippen molar-refractivity contribution in [1.82, 2.24) is 0 Å². The third-order valence-corrected chi connectivity index (χ3v) is 12.0. The second kappa shape index (κ2) is 56.9. The summed E-state index contributed by atoms with van der Waals surface area (Å²) in [4.78, 5) is 38.1. The van der Waals surface area contributed by atoms with Gasteiger partial charge in [0, 0.05) is 19.3 Å². The zero-order valence-corrected chi connectivity index (χ0v) is 45.0. The quantitative estimate of drug-likeness (QED) is 0.0262. The number of rotatable bonds is 51. The maximum atomic E-state index is 12.8. The fourth-order valence-electron chi connectivity index (χ4n) is 7.67. The van der Waals surface area contributed by atoms with E-state index in [0.717, 1.165) is 83.5 Å². The molecule has 69 heavy (non-hydrogen) atoms. The molecule has 6 nitrogen and oxygen atoms in total. The van der Waals surface area contributed by atoms with Crippen molar-refractivity contribution in [2.45, 2.75) is 271 Å². The fourth-order valence-corrected chi connectivity index (χ4v) is 7.67. The van der Waals surface area contributed by atoms with Gasteiger partial charge in [0.2, 0.25) is 0 Å². The molecule has 0 saturated heterocycles. The topological polar surface area (TPSA) is 78.9 Å². The van der Waals surface area contributed by atoms with Gasteiger partial charge < -0.3 is 14.2 Å². The van der Waals surface area contributed by atoms with E-state index in [2.05, 4.69) is 118 Å². The normalized spacial score (nSPS) is 12.8.